The lowest BCUT2D eigenvalue weighted by atomic mass is 9.79. The molecular formula is C10H21NO3S. The SMILES string of the molecule is COCC1(C)CCN(S(C)(=O)=O)C(C)C1. The third kappa shape index (κ3) is 3.16. The molecule has 1 saturated heterocycles. The van der Waals surface area contributed by atoms with Gasteiger partial charge in [-0.2, -0.15) is 4.31 Å². The Balaban J connectivity index is 2.71. The maximum absolute atomic E-state index is 11.5. The van der Waals surface area contributed by atoms with Gasteiger partial charge in [0.15, 0.2) is 0 Å². The Morgan fingerprint density at radius 2 is 2.13 bits per heavy atom. The van der Waals surface area contributed by atoms with Gasteiger partial charge in [0, 0.05) is 19.7 Å². The first-order valence-corrected chi connectivity index (χ1v) is 7.09. The van der Waals surface area contributed by atoms with Crippen LogP contribution in [-0.2, 0) is 14.8 Å². The van der Waals surface area contributed by atoms with Gasteiger partial charge < -0.3 is 4.74 Å². The molecule has 5 heteroatoms. The van der Waals surface area contributed by atoms with Gasteiger partial charge in [-0.05, 0) is 25.2 Å². The first kappa shape index (κ1) is 12.9. The van der Waals surface area contributed by atoms with Crippen LogP contribution in [0.2, 0.25) is 0 Å². The molecule has 0 aromatic carbocycles. The predicted octanol–water partition coefficient (Wildman–Crippen LogP) is 1.08. The lowest BCUT2D eigenvalue weighted by Crippen LogP contribution is -2.48. The first-order valence-electron chi connectivity index (χ1n) is 5.24. The van der Waals surface area contributed by atoms with Gasteiger partial charge in [0.2, 0.25) is 10.0 Å². The summed E-state index contributed by atoms with van der Waals surface area (Å²) >= 11 is 0. The highest BCUT2D eigenvalue weighted by Gasteiger charge is 2.37. The van der Waals surface area contributed by atoms with Gasteiger partial charge >= 0.3 is 0 Å². The number of hydrogen-bond acceptors (Lipinski definition) is 3. The second-order valence-corrected chi connectivity index (χ2v) is 6.86. The van der Waals surface area contributed by atoms with Crippen LogP contribution in [0.25, 0.3) is 0 Å². The molecule has 4 nitrogen and oxygen atoms in total. The van der Waals surface area contributed by atoms with E-state index >= 15 is 0 Å². The van der Waals surface area contributed by atoms with E-state index in [1.165, 1.54) is 6.26 Å². The summed E-state index contributed by atoms with van der Waals surface area (Å²) in [5, 5.41) is 0. The van der Waals surface area contributed by atoms with Crippen LogP contribution >= 0.6 is 0 Å². The van der Waals surface area contributed by atoms with E-state index in [-0.39, 0.29) is 11.5 Å². The van der Waals surface area contributed by atoms with Gasteiger partial charge in [-0.25, -0.2) is 8.42 Å². The first-order chi connectivity index (χ1) is 6.78. The van der Waals surface area contributed by atoms with E-state index in [1.54, 1.807) is 11.4 Å². The average molecular weight is 235 g/mol. The monoisotopic (exact) mass is 235 g/mol. The van der Waals surface area contributed by atoms with Gasteiger partial charge in [-0.1, -0.05) is 6.92 Å². The van der Waals surface area contributed by atoms with Crippen molar-refractivity contribution in [2.45, 2.75) is 32.7 Å². The van der Waals surface area contributed by atoms with Crippen molar-refractivity contribution in [2.24, 2.45) is 5.41 Å². The third-order valence-corrected chi connectivity index (χ3v) is 4.53. The topological polar surface area (TPSA) is 46.6 Å². The van der Waals surface area contributed by atoms with Crippen LogP contribution in [0.4, 0.5) is 0 Å². The van der Waals surface area contributed by atoms with E-state index in [2.05, 4.69) is 6.92 Å². The summed E-state index contributed by atoms with van der Waals surface area (Å²) in [6.45, 7) is 5.44. The summed E-state index contributed by atoms with van der Waals surface area (Å²) in [5.41, 5.74) is 0.120. The van der Waals surface area contributed by atoms with E-state index in [0.29, 0.717) is 13.2 Å². The maximum Gasteiger partial charge on any atom is 0.211 e. The molecule has 0 saturated carbocycles. The van der Waals surface area contributed by atoms with Crippen molar-refractivity contribution >= 4 is 10.0 Å². The highest BCUT2D eigenvalue weighted by Crippen LogP contribution is 2.35. The zero-order valence-electron chi connectivity index (χ0n) is 9.99. The number of piperidine rings is 1. The molecule has 0 aromatic heterocycles. The Labute approximate surface area is 92.7 Å². The summed E-state index contributed by atoms with van der Waals surface area (Å²) in [7, 11) is -1.35. The Morgan fingerprint density at radius 3 is 2.53 bits per heavy atom. The van der Waals surface area contributed by atoms with Gasteiger partial charge in [-0.15, -0.1) is 0 Å². The van der Waals surface area contributed by atoms with Crippen LogP contribution in [0.5, 0.6) is 0 Å². The lowest BCUT2D eigenvalue weighted by molar-refractivity contribution is 0.0354. The fraction of sp³-hybridized carbons (Fsp3) is 1.00. The molecule has 2 unspecified atom stereocenters. The average Bonchev–Trinajstić information content (AvgIpc) is 2.00. The van der Waals surface area contributed by atoms with Crippen LogP contribution in [-0.4, -0.2) is 45.3 Å². The minimum atomic E-state index is -3.05. The zero-order valence-corrected chi connectivity index (χ0v) is 10.8. The van der Waals surface area contributed by atoms with Crippen LogP contribution in [0.15, 0.2) is 0 Å². The maximum atomic E-state index is 11.5. The van der Waals surface area contributed by atoms with E-state index in [0.717, 1.165) is 12.8 Å². The minimum absolute atomic E-state index is 0.0777. The van der Waals surface area contributed by atoms with E-state index in [9.17, 15) is 8.42 Å². The molecule has 0 aliphatic carbocycles. The molecule has 0 spiro atoms. The van der Waals surface area contributed by atoms with E-state index < -0.39 is 10.0 Å². The van der Waals surface area contributed by atoms with Crippen molar-refractivity contribution in [3.05, 3.63) is 0 Å². The molecule has 0 radical (unpaired) electrons. The molecule has 90 valence electrons. The number of rotatable bonds is 3. The van der Waals surface area contributed by atoms with Gasteiger partial charge in [0.05, 0.1) is 12.9 Å². The van der Waals surface area contributed by atoms with Crippen LogP contribution < -0.4 is 0 Å². The number of hydrogen-bond donors (Lipinski definition) is 0. The van der Waals surface area contributed by atoms with E-state index in [4.69, 9.17) is 4.74 Å². The molecule has 1 aliphatic rings. The second-order valence-electron chi connectivity index (χ2n) is 4.92. The number of ether oxygens (including phenoxy) is 1. The molecule has 0 amide bonds. The predicted molar refractivity (Wildman–Crippen MR) is 60.2 cm³/mol. The zero-order chi connectivity index (χ0) is 11.7. The Hall–Kier alpha value is -0.130. The van der Waals surface area contributed by atoms with Crippen molar-refractivity contribution in [1.82, 2.24) is 4.31 Å². The Bertz CT molecular complexity index is 315. The molecular weight excluding hydrogens is 214 g/mol. The molecule has 0 bridgehead atoms. The summed E-state index contributed by atoms with van der Waals surface area (Å²) in [4.78, 5) is 0. The molecule has 1 rings (SSSR count). The summed E-state index contributed by atoms with van der Waals surface area (Å²) in [6.07, 6.45) is 3.02. The fourth-order valence-corrected chi connectivity index (χ4v) is 3.64. The molecule has 0 N–H and O–H groups in total. The quantitative estimate of drug-likeness (QED) is 0.735. The summed E-state index contributed by atoms with van der Waals surface area (Å²) < 4.78 is 29.7. The standard InChI is InChI=1S/C10H21NO3S/c1-9-7-10(2,8-14-3)5-6-11(9)15(4,12)13/h9H,5-8H2,1-4H3. The second kappa shape index (κ2) is 4.39. The van der Waals surface area contributed by atoms with Crippen LogP contribution in [0.1, 0.15) is 26.7 Å². The highest BCUT2D eigenvalue weighted by molar-refractivity contribution is 7.88. The van der Waals surface area contributed by atoms with E-state index in [1.807, 2.05) is 6.92 Å². The normalized spacial score (nSPS) is 34.3. The lowest BCUT2D eigenvalue weighted by Gasteiger charge is -2.42. The Morgan fingerprint density at radius 1 is 1.53 bits per heavy atom. The highest BCUT2D eigenvalue weighted by atomic mass is 32.2. The minimum Gasteiger partial charge on any atom is -0.384 e. The molecule has 1 heterocycles. The van der Waals surface area contributed by atoms with Crippen molar-refractivity contribution in [3.63, 3.8) is 0 Å². The molecule has 2 atom stereocenters. The van der Waals surface area contributed by atoms with Crippen molar-refractivity contribution < 1.29 is 13.2 Å². The fourth-order valence-electron chi connectivity index (χ4n) is 2.49. The van der Waals surface area contributed by atoms with Gasteiger partial charge in [0.1, 0.15) is 0 Å². The largest absolute Gasteiger partial charge is 0.384 e. The molecule has 15 heavy (non-hydrogen) atoms. The molecule has 1 aliphatic heterocycles. The van der Waals surface area contributed by atoms with Crippen molar-refractivity contribution in [2.75, 3.05) is 26.5 Å². The van der Waals surface area contributed by atoms with Crippen LogP contribution in [0.3, 0.4) is 0 Å². The van der Waals surface area contributed by atoms with Crippen molar-refractivity contribution in [3.8, 4) is 0 Å². The van der Waals surface area contributed by atoms with Gasteiger partial charge in [0.25, 0.3) is 0 Å². The summed E-state index contributed by atoms with van der Waals surface area (Å²) in [5.74, 6) is 0. The summed E-state index contributed by atoms with van der Waals surface area (Å²) in [6, 6.07) is 0.0777. The molecule has 1 fully saturated rings. The van der Waals surface area contributed by atoms with Crippen LogP contribution in [0, 0.1) is 5.41 Å². The van der Waals surface area contributed by atoms with Gasteiger partial charge in [-0.3, -0.25) is 0 Å². The third-order valence-electron chi connectivity index (χ3n) is 3.13. The number of methoxy groups -OCH3 is 1. The number of sulfonamides is 1. The number of nitrogens with zero attached hydrogens (tertiary/aromatic N) is 1. The smallest absolute Gasteiger partial charge is 0.211 e. The Kier molecular flexibility index (Phi) is 3.79. The molecule has 0 aromatic rings. The van der Waals surface area contributed by atoms with Crippen molar-refractivity contribution in [1.29, 1.82) is 0 Å².